The first-order valence-corrected chi connectivity index (χ1v) is 7.10. The first-order chi connectivity index (χ1) is 10.1. The molecule has 2 rings (SSSR count). The smallest absolute Gasteiger partial charge is 0.221 e. The zero-order chi connectivity index (χ0) is 15.2. The Labute approximate surface area is 125 Å². The molecular weight excluding hydrogens is 264 g/mol. The maximum absolute atomic E-state index is 11.5. The first kappa shape index (κ1) is 15.3. The fourth-order valence-electron chi connectivity index (χ4n) is 2.15. The van der Waals surface area contributed by atoms with E-state index in [0.29, 0.717) is 26.1 Å². The van der Waals surface area contributed by atoms with E-state index in [4.69, 9.17) is 0 Å². The van der Waals surface area contributed by atoms with Crippen LogP contribution in [0.4, 0.5) is 0 Å². The van der Waals surface area contributed by atoms with Gasteiger partial charge in [-0.2, -0.15) is 0 Å². The van der Waals surface area contributed by atoms with E-state index < -0.39 is 0 Å². The highest BCUT2D eigenvalue weighted by molar-refractivity contribution is 5.76. The molecule has 0 aliphatic carbocycles. The molecule has 0 fully saturated rings. The minimum absolute atomic E-state index is 0.0435. The summed E-state index contributed by atoms with van der Waals surface area (Å²) in [6.07, 6.45) is 2.15. The van der Waals surface area contributed by atoms with Gasteiger partial charge in [0.05, 0.1) is 17.6 Å². The van der Waals surface area contributed by atoms with E-state index in [1.807, 2.05) is 13.1 Å². The third-order valence-electron chi connectivity index (χ3n) is 3.27. The number of carbonyl (C=O) groups excluding carboxylic acids is 1. The Morgan fingerprint density at radius 2 is 2.33 bits per heavy atom. The van der Waals surface area contributed by atoms with Gasteiger partial charge in [-0.25, -0.2) is 4.98 Å². The number of H-pyrrole nitrogens is 1. The predicted molar refractivity (Wildman–Crippen MR) is 85.0 cm³/mol. The molecule has 1 aromatic carbocycles. The Hall–Kier alpha value is -2.14. The van der Waals surface area contributed by atoms with Gasteiger partial charge in [-0.15, -0.1) is 6.58 Å². The molecule has 0 aliphatic heterocycles. The van der Waals surface area contributed by atoms with Crippen LogP contribution in [-0.2, 0) is 11.3 Å². The Morgan fingerprint density at radius 3 is 3.10 bits per heavy atom. The van der Waals surface area contributed by atoms with Crippen LogP contribution < -0.4 is 5.32 Å². The monoisotopic (exact) mass is 286 g/mol. The molecule has 0 atom stereocenters. The van der Waals surface area contributed by atoms with Gasteiger partial charge in [0.15, 0.2) is 0 Å². The van der Waals surface area contributed by atoms with Crippen molar-refractivity contribution in [1.82, 2.24) is 20.2 Å². The lowest BCUT2D eigenvalue weighted by atomic mass is 10.2. The van der Waals surface area contributed by atoms with E-state index in [1.165, 1.54) is 5.56 Å². The van der Waals surface area contributed by atoms with Crippen molar-refractivity contribution in [3.8, 4) is 0 Å². The lowest BCUT2D eigenvalue weighted by molar-refractivity contribution is -0.121. The molecule has 21 heavy (non-hydrogen) atoms. The van der Waals surface area contributed by atoms with Crippen molar-refractivity contribution in [2.24, 2.45) is 0 Å². The molecule has 1 heterocycles. The second-order valence-corrected chi connectivity index (χ2v) is 5.28. The van der Waals surface area contributed by atoms with Crippen molar-refractivity contribution in [3.05, 3.63) is 42.2 Å². The number of aromatic amines is 1. The van der Waals surface area contributed by atoms with Crippen molar-refractivity contribution in [2.45, 2.75) is 19.9 Å². The number of benzene rings is 1. The normalized spacial score (nSPS) is 11.0. The average Bonchev–Trinajstić information content (AvgIpc) is 2.84. The molecule has 0 aliphatic rings. The molecule has 0 radical (unpaired) electrons. The molecule has 0 saturated heterocycles. The summed E-state index contributed by atoms with van der Waals surface area (Å²) >= 11 is 0. The highest BCUT2D eigenvalue weighted by Gasteiger charge is 2.08. The van der Waals surface area contributed by atoms with Crippen molar-refractivity contribution in [3.63, 3.8) is 0 Å². The summed E-state index contributed by atoms with van der Waals surface area (Å²) in [5, 5.41) is 2.77. The van der Waals surface area contributed by atoms with Crippen LogP contribution in [0.1, 0.15) is 17.8 Å². The standard InChI is InChI=1S/C16H22N4O/c1-4-8-17-16(21)7-9-20(3)11-15-18-13-6-5-12(2)10-14(13)19-15/h4-6,10H,1,7-9,11H2,2-3H3,(H,17,21)(H,18,19). The minimum Gasteiger partial charge on any atom is -0.353 e. The van der Waals surface area contributed by atoms with Gasteiger partial charge >= 0.3 is 0 Å². The van der Waals surface area contributed by atoms with Crippen molar-refractivity contribution >= 4 is 16.9 Å². The van der Waals surface area contributed by atoms with Crippen molar-refractivity contribution in [1.29, 1.82) is 0 Å². The summed E-state index contributed by atoms with van der Waals surface area (Å²) in [5.74, 6) is 0.964. The van der Waals surface area contributed by atoms with Gasteiger partial charge in [0, 0.05) is 19.5 Å². The number of aryl methyl sites for hydroxylation is 1. The summed E-state index contributed by atoms with van der Waals surface area (Å²) in [4.78, 5) is 21.5. The zero-order valence-corrected chi connectivity index (χ0v) is 12.6. The molecule has 1 amide bonds. The van der Waals surface area contributed by atoms with Crippen LogP contribution in [0.3, 0.4) is 0 Å². The van der Waals surface area contributed by atoms with Crippen LogP contribution in [0, 0.1) is 6.92 Å². The Bertz CT molecular complexity index is 632. The predicted octanol–water partition coefficient (Wildman–Crippen LogP) is 2.00. The molecule has 2 aromatic rings. The Kier molecular flexibility index (Phi) is 5.11. The van der Waals surface area contributed by atoms with E-state index >= 15 is 0 Å². The number of nitrogens with zero attached hydrogens (tertiary/aromatic N) is 2. The van der Waals surface area contributed by atoms with Gasteiger partial charge in [-0.05, 0) is 31.7 Å². The third kappa shape index (κ3) is 4.43. The molecule has 0 bridgehead atoms. The molecule has 5 heteroatoms. The van der Waals surface area contributed by atoms with Crippen LogP contribution in [0.15, 0.2) is 30.9 Å². The van der Waals surface area contributed by atoms with Crippen molar-refractivity contribution < 1.29 is 4.79 Å². The van der Waals surface area contributed by atoms with Gasteiger partial charge in [-0.3, -0.25) is 9.69 Å². The first-order valence-electron chi connectivity index (χ1n) is 7.10. The maximum atomic E-state index is 11.5. The summed E-state index contributed by atoms with van der Waals surface area (Å²) in [6, 6.07) is 6.17. The van der Waals surface area contributed by atoms with Crippen LogP contribution in [0.2, 0.25) is 0 Å². The van der Waals surface area contributed by atoms with Crippen LogP contribution in [0.25, 0.3) is 11.0 Å². The van der Waals surface area contributed by atoms with Gasteiger partial charge < -0.3 is 10.3 Å². The highest BCUT2D eigenvalue weighted by atomic mass is 16.1. The van der Waals surface area contributed by atoms with Crippen LogP contribution >= 0.6 is 0 Å². The number of hydrogen-bond donors (Lipinski definition) is 2. The topological polar surface area (TPSA) is 61.0 Å². The molecule has 0 spiro atoms. The fraction of sp³-hybridized carbons (Fsp3) is 0.375. The van der Waals surface area contributed by atoms with E-state index in [9.17, 15) is 4.79 Å². The lowest BCUT2D eigenvalue weighted by Crippen LogP contribution is -2.28. The quantitative estimate of drug-likeness (QED) is 0.765. The van der Waals surface area contributed by atoms with Crippen LogP contribution in [-0.4, -0.2) is 40.9 Å². The second-order valence-electron chi connectivity index (χ2n) is 5.28. The fourth-order valence-corrected chi connectivity index (χ4v) is 2.15. The number of hydrogen-bond acceptors (Lipinski definition) is 3. The number of nitrogens with one attached hydrogen (secondary N) is 2. The third-order valence-corrected chi connectivity index (χ3v) is 3.27. The number of fused-ring (bicyclic) bond motifs is 1. The number of amides is 1. The molecular formula is C16H22N4O. The summed E-state index contributed by atoms with van der Waals surface area (Å²) in [6.45, 7) is 7.55. The molecule has 5 nitrogen and oxygen atoms in total. The van der Waals surface area contributed by atoms with Gasteiger partial charge in [0.1, 0.15) is 5.82 Å². The molecule has 1 aromatic heterocycles. The molecule has 0 saturated carbocycles. The van der Waals surface area contributed by atoms with E-state index in [2.05, 4.69) is 45.8 Å². The second kappa shape index (κ2) is 7.04. The molecule has 0 unspecified atom stereocenters. The summed E-state index contributed by atoms with van der Waals surface area (Å²) in [5.41, 5.74) is 3.25. The SMILES string of the molecule is C=CCNC(=O)CCN(C)Cc1nc2ccc(C)cc2[nH]1. The molecule has 2 N–H and O–H groups in total. The lowest BCUT2D eigenvalue weighted by Gasteiger charge is -2.14. The number of aromatic nitrogens is 2. The number of imidazole rings is 1. The molecule has 112 valence electrons. The van der Waals surface area contributed by atoms with E-state index in [-0.39, 0.29) is 5.91 Å². The highest BCUT2D eigenvalue weighted by Crippen LogP contribution is 2.14. The van der Waals surface area contributed by atoms with Gasteiger partial charge in [0.25, 0.3) is 0 Å². The average molecular weight is 286 g/mol. The van der Waals surface area contributed by atoms with Crippen LogP contribution in [0.5, 0.6) is 0 Å². The van der Waals surface area contributed by atoms with Crippen molar-refractivity contribution in [2.75, 3.05) is 20.1 Å². The maximum Gasteiger partial charge on any atom is 0.221 e. The largest absolute Gasteiger partial charge is 0.353 e. The number of carbonyl (C=O) groups is 1. The van der Waals surface area contributed by atoms with E-state index in [0.717, 1.165) is 16.9 Å². The summed E-state index contributed by atoms with van der Waals surface area (Å²) < 4.78 is 0. The summed E-state index contributed by atoms with van der Waals surface area (Å²) in [7, 11) is 1.99. The minimum atomic E-state index is 0.0435. The van der Waals surface area contributed by atoms with Gasteiger partial charge in [-0.1, -0.05) is 12.1 Å². The van der Waals surface area contributed by atoms with Gasteiger partial charge in [0.2, 0.25) is 5.91 Å². The number of rotatable bonds is 7. The Morgan fingerprint density at radius 1 is 1.52 bits per heavy atom. The van der Waals surface area contributed by atoms with E-state index in [1.54, 1.807) is 6.08 Å². The zero-order valence-electron chi connectivity index (χ0n) is 12.6. The Balaban J connectivity index is 1.87.